The number of hydrogen-bond acceptors (Lipinski definition) is 6. The van der Waals surface area contributed by atoms with Gasteiger partial charge in [-0.1, -0.05) is 24.3 Å². The third-order valence-electron chi connectivity index (χ3n) is 5.61. The number of sulfone groups is 1. The van der Waals surface area contributed by atoms with E-state index in [-0.39, 0.29) is 29.1 Å². The van der Waals surface area contributed by atoms with Crippen LogP contribution in [0.4, 0.5) is 10.1 Å². The van der Waals surface area contributed by atoms with Gasteiger partial charge in [0, 0.05) is 11.6 Å². The second kappa shape index (κ2) is 9.71. The number of rotatable bonds is 8. The van der Waals surface area contributed by atoms with E-state index in [1.165, 1.54) is 26.0 Å². The monoisotopic (exact) mass is 514 g/mol. The maximum absolute atomic E-state index is 14.9. The Morgan fingerprint density at radius 1 is 1.23 bits per heavy atom. The standard InChI is InChI=1S/C24H23FN4O4S2/c1-13(2)35(32,33)22(23(31)27-12-21(30)28-16-8-9-16)24-29-19-10-17(18(25)11-20(19)34-24)14-4-6-15(26-3)7-5-14/h4-7,10-11,13,16,22H,8-9,12H2,1-2H3,(H,27,31)(H,28,30). The molecule has 1 heterocycles. The molecule has 1 unspecified atom stereocenters. The zero-order valence-corrected chi connectivity index (χ0v) is 20.7. The summed E-state index contributed by atoms with van der Waals surface area (Å²) in [7, 11) is -4.00. The highest BCUT2D eigenvalue weighted by Gasteiger charge is 2.39. The first-order chi connectivity index (χ1) is 16.6. The number of aromatic nitrogens is 1. The van der Waals surface area contributed by atoms with Crippen molar-refractivity contribution in [1.82, 2.24) is 15.6 Å². The molecule has 0 bridgehead atoms. The smallest absolute Gasteiger partial charge is 0.245 e. The highest BCUT2D eigenvalue weighted by atomic mass is 32.2. The van der Waals surface area contributed by atoms with Crippen LogP contribution in [-0.4, -0.2) is 43.1 Å². The third kappa shape index (κ3) is 5.33. The molecule has 8 nitrogen and oxygen atoms in total. The SMILES string of the molecule is [C-]#[N+]c1ccc(-c2cc3nc(C(C(=O)NCC(=O)NC4CC4)S(=O)(=O)C(C)C)sc3cc2F)cc1. The fourth-order valence-corrected chi connectivity index (χ4v) is 6.22. The summed E-state index contributed by atoms with van der Waals surface area (Å²) in [5.74, 6) is -1.77. The zero-order chi connectivity index (χ0) is 25.3. The highest BCUT2D eigenvalue weighted by Crippen LogP contribution is 2.36. The van der Waals surface area contributed by atoms with Crippen LogP contribution in [0, 0.1) is 12.4 Å². The highest BCUT2D eigenvalue weighted by molar-refractivity contribution is 7.93. The van der Waals surface area contributed by atoms with Crippen LogP contribution >= 0.6 is 11.3 Å². The van der Waals surface area contributed by atoms with Crippen molar-refractivity contribution in [2.75, 3.05) is 6.54 Å². The minimum Gasteiger partial charge on any atom is -0.352 e. The first kappa shape index (κ1) is 24.8. The van der Waals surface area contributed by atoms with Crippen LogP contribution in [0.2, 0.25) is 0 Å². The summed E-state index contributed by atoms with van der Waals surface area (Å²) >= 11 is 0.926. The van der Waals surface area contributed by atoms with E-state index in [0.717, 1.165) is 24.2 Å². The number of carbonyl (C=O) groups excluding carboxylic acids is 2. The Hall–Kier alpha value is -3.36. The van der Waals surface area contributed by atoms with Crippen LogP contribution in [0.5, 0.6) is 0 Å². The molecule has 1 saturated carbocycles. The van der Waals surface area contributed by atoms with Gasteiger partial charge in [-0.25, -0.2) is 22.6 Å². The summed E-state index contributed by atoms with van der Waals surface area (Å²) in [6, 6.07) is 9.27. The Morgan fingerprint density at radius 2 is 1.91 bits per heavy atom. The van der Waals surface area contributed by atoms with Crippen molar-refractivity contribution in [3.05, 3.63) is 58.6 Å². The lowest BCUT2D eigenvalue weighted by Crippen LogP contribution is -2.42. The quantitative estimate of drug-likeness (QED) is 0.443. The molecular formula is C24H23FN4O4S2. The second-order valence-corrected chi connectivity index (χ2v) is 12.2. The van der Waals surface area contributed by atoms with E-state index in [1.54, 1.807) is 24.3 Å². The number of thiazole rings is 1. The Balaban J connectivity index is 1.68. The van der Waals surface area contributed by atoms with Gasteiger partial charge in [-0.2, -0.15) is 0 Å². The molecule has 0 saturated heterocycles. The van der Waals surface area contributed by atoms with Crippen LogP contribution in [-0.2, 0) is 19.4 Å². The van der Waals surface area contributed by atoms with Gasteiger partial charge in [0.2, 0.25) is 11.8 Å². The van der Waals surface area contributed by atoms with Crippen molar-refractivity contribution in [1.29, 1.82) is 0 Å². The number of nitrogens with zero attached hydrogens (tertiary/aromatic N) is 2. The number of halogens is 1. The first-order valence-electron chi connectivity index (χ1n) is 11.0. The first-order valence-corrected chi connectivity index (χ1v) is 13.4. The van der Waals surface area contributed by atoms with Gasteiger partial charge in [0.15, 0.2) is 20.8 Å². The summed E-state index contributed by atoms with van der Waals surface area (Å²) in [6.45, 7) is 9.64. The zero-order valence-electron chi connectivity index (χ0n) is 19.0. The van der Waals surface area contributed by atoms with Gasteiger partial charge in [0.25, 0.3) is 0 Å². The van der Waals surface area contributed by atoms with E-state index in [0.29, 0.717) is 21.5 Å². The lowest BCUT2D eigenvalue weighted by atomic mass is 10.0. The van der Waals surface area contributed by atoms with Crippen molar-refractivity contribution in [2.24, 2.45) is 0 Å². The molecule has 1 atom stereocenters. The molecule has 1 fully saturated rings. The van der Waals surface area contributed by atoms with E-state index in [4.69, 9.17) is 6.57 Å². The van der Waals surface area contributed by atoms with Crippen LogP contribution in [0.3, 0.4) is 0 Å². The van der Waals surface area contributed by atoms with E-state index >= 15 is 0 Å². The minimum atomic E-state index is -4.00. The molecule has 182 valence electrons. The number of carbonyl (C=O) groups is 2. The van der Waals surface area contributed by atoms with Gasteiger partial charge in [-0.05, 0) is 44.4 Å². The predicted molar refractivity (Wildman–Crippen MR) is 132 cm³/mol. The van der Waals surface area contributed by atoms with E-state index < -0.39 is 32.1 Å². The summed E-state index contributed by atoms with van der Waals surface area (Å²) in [5.41, 5.74) is 1.55. The average Bonchev–Trinajstić information content (AvgIpc) is 3.54. The largest absolute Gasteiger partial charge is 0.352 e. The topological polar surface area (TPSA) is 110 Å². The summed E-state index contributed by atoms with van der Waals surface area (Å²) in [4.78, 5) is 32.7. The molecule has 35 heavy (non-hydrogen) atoms. The second-order valence-electron chi connectivity index (χ2n) is 8.59. The normalized spacial score (nSPS) is 14.5. The third-order valence-corrected chi connectivity index (χ3v) is 9.26. The maximum Gasteiger partial charge on any atom is 0.245 e. The van der Waals surface area contributed by atoms with Gasteiger partial charge < -0.3 is 10.6 Å². The molecular weight excluding hydrogens is 491 g/mol. The Morgan fingerprint density at radius 3 is 2.51 bits per heavy atom. The van der Waals surface area contributed by atoms with Crippen molar-refractivity contribution >= 4 is 48.9 Å². The van der Waals surface area contributed by atoms with Gasteiger partial charge in [-0.3, -0.25) is 9.59 Å². The summed E-state index contributed by atoms with van der Waals surface area (Å²) in [5, 5.41) is 2.65. The number of hydrogen-bond donors (Lipinski definition) is 2. The van der Waals surface area contributed by atoms with Gasteiger partial charge in [0.05, 0.1) is 28.6 Å². The van der Waals surface area contributed by atoms with Gasteiger partial charge in [0.1, 0.15) is 10.8 Å². The van der Waals surface area contributed by atoms with E-state index in [9.17, 15) is 22.4 Å². The lowest BCUT2D eigenvalue weighted by Gasteiger charge is -2.17. The van der Waals surface area contributed by atoms with Crippen LogP contribution in [0.15, 0.2) is 36.4 Å². The number of benzene rings is 2. The molecule has 4 rings (SSSR count). The Kier molecular flexibility index (Phi) is 6.87. The molecule has 2 aromatic carbocycles. The molecule has 2 amide bonds. The minimum absolute atomic E-state index is 0.00806. The molecule has 2 N–H and O–H groups in total. The molecule has 11 heteroatoms. The van der Waals surface area contributed by atoms with Crippen LogP contribution in [0.1, 0.15) is 36.9 Å². The number of fused-ring (bicyclic) bond motifs is 1. The van der Waals surface area contributed by atoms with Gasteiger partial charge >= 0.3 is 0 Å². The number of nitrogens with one attached hydrogen (secondary N) is 2. The summed E-state index contributed by atoms with van der Waals surface area (Å²) < 4.78 is 41.5. The van der Waals surface area contributed by atoms with Crippen molar-refractivity contribution in [3.63, 3.8) is 0 Å². The van der Waals surface area contributed by atoms with Crippen molar-refractivity contribution < 1.29 is 22.4 Å². The molecule has 0 radical (unpaired) electrons. The molecule has 0 aliphatic heterocycles. The summed E-state index contributed by atoms with van der Waals surface area (Å²) in [6.07, 6.45) is 1.77. The van der Waals surface area contributed by atoms with E-state index in [2.05, 4.69) is 20.5 Å². The molecule has 1 aliphatic rings. The average molecular weight is 515 g/mol. The molecule has 1 aliphatic carbocycles. The fraction of sp³-hybridized carbons (Fsp3) is 0.333. The fourth-order valence-electron chi connectivity index (χ4n) is 3.46. The molecule has 0 spiro atoms. The van der Waals surface area contributed by atoms with Crippen LogP contribution < -0.4 is 10.6 Å². The van der Waals surface area contributed by atoms with Gasteiger partial charge in [-0.15, -0.1) is 11.3 Å². The van der Waals surface area contributed by atoms with Crippen molar-refractivity contribution in [3.8, 4) is 11.1 Å². The lowest BCUT2D eigenvalue weighted by molar-refractivity contribution is -0.126. The number of amides is 2. The molecule has 1 aromatic heterocycles. The van der Waals surface area contributed by atoms with Crippen LogP contribution in [0.25, 0.3) is 26.2 Å². The maximum atomic E-state index is 14.9. The van der Waals surface area contributed by atoms with E-state index in [1.807, 2.05) is 0 Å². The Labute approximate surface area is 206 Å². The van der Waals surface area contributed by atoms with Crippen molar-refractivity contribution in [2.45, 2.75) is 43.2 Å². The Bertz CT molecular complexity index is 1440. The molecule has 3 aromatic rings. The predicted octanol–water partition coefficient (Wildman–Crippen LogP) is 3.91.